The highest BCUT2D eigenvalue weighted by Gasteiger charge is 2.15. The molecule has 31 heavy (non-hydrogen) atoms. The fourth-order valence-corrected chi connectivity index (χ4v) is 2.25. The van der Waals surface area contributed by atoms with Crippen LogP contribution in [0.1, 0.15) is 32.4 Å². The summed E-state index contributed by atoms with van der Waals surface area (Å²) in [7, 11) is 0. The highest BCUT2D eigenvalue weighted by atomic mass is 35.5. The van der Waals surface area contributed by atoms with Gasteiger partial charge in [0.25, 0.3) is 11.8 Å². The summed E-state index contributed by atoms with van der Waals surface area (Å²) in [5.74, 6) is -1.66. The van der Waals surface area contributed by atoms with Crippen molar-refractivity contribution in [3.05, 3.63) is 77.1 Å². The van der Waals surface area contributed by atoms with Gasteiger partial charge in [-0.1, -0.05) is 11.6 Å². The third kappa shape index (κ3) is 5.74. The van der Waals surface area contributed by atoms with E-state index >= 15 is 0 Å². The van der Waals surface area contributed by atoms with Crippen LogP contribution in [0.5, 0.6) is 0 Å². The molecule has 3 rings (SSSR count). The molecule has 0 aliphatic carbocycles. The topological polar surface area (TPSA) is 199 Å². The Morgan fingerprint density at radius 2 is 1.23 bits per heavy atom. The molecule has 0 atom stereocenters. The lowest BCUT2D eigenvalue weighted by molar-refractivity contribution is 0.0945. The van der Waals surface area contributed by atoms with Crippen LogP contribution in [-0.2, 0) is 0 Å². The van der Waals surface area contributed by atoms with E-state index < -0.39 is 11.8 Å². The number of pyridine rings is 1. The van der Waals surface area contributed by atoms with Crippen LogP contribution in [-0.4, -0.2) is 48.4 Å². The van der Waals surface area contributed by atoms with Gasteiger partial charge < -0.3 is 11.5 Å². The van der Waals surface area contributed by atoms with Crippen LogP contribution in [0.3, 0.4) is 0 Å². The first kappa shape index (κ1) is 21.2. The molecule has 0 fully saturated rings. The minimum Gasteiger partial charge on any atom is -0.380 e. The highest BCUT2D eigenvalue weighted by molar-refractivity contribution is 6.31. The van der Waals surface area contributed by atoms with Gasteiger partial charge in [0, 0.05) is 29.8 Å². The number of carbonyl (C=O) groups excluding carboxylic acids is 2. The van der Waals surface area contributed by atoms with Gasteiger partial charge in [-0.25, -0.2) is 25.8 Å². The summed E-state index contributed by atoms with van der Waals surface area (Å²) in [4.78, 5) is 44.2. The number of rotatable bonds is 6. The molecule has 14 heteroatoms. The molecule has 0 aromatic carbocycles. The third-order valence-electron chi connectivity index (χ3n) is 3.46. The molecule has 6 N–H and O–H groups in total. The normalized spacial score (nSPS) is 11.6. The Kier molecular flexibility index (Phi) is 6.70. The van der Waals surface area contributed by atoms with Crippen molar-refractivity contribution < 1.29 is 9.59 Å². The van der Waals surface area contributed by atoms with Crippen LogP contribution >= 0.6 is 11.6 Å². The van der Waals surface area contributed by atoms with E-state index in [9.17, 15) is 9.59 Å². The van der Waals surface area contributed by atoms with Gasteiger partial charge >= 0.3 is 0 Å². The minimum atomic E-state index is -0.758. The van der Waals surface area contributed by atoms with E-state index in [0.29, 0.717) is 0 Å². The molecule has 2 amide bonds. The van der Waals surface area contributed by atoms with Crippen molar-refractivity contribution in [1.82, 2.24) is 35.8 Å². The zero-order valence-electron chi connectivity index (χ0n) is 15.6. The summed E-state index contributed by atoms with van der Waals surface area (Å²) >= 11 is 6.00. The maximum Gasteiger partial charge on any atom is 0.290 e. The van der Waals surface area contributed by atoms with E-state index in [1.54, 1.807) is 0 Å². The van der Waals surface area contributed by atoms with Crippen LogP contribution < -0.4 is 22.3 Å². The van der Waals surface area contributed by atoms with Gasteiger partial charge in [-0.15, -0.1) is 0 Å². The maximum atomic E-state index is 12.3. The molecule has 0 unspecified atom stereocenters. The van der Waals surface area contributed by atoms with Gasteiger partial charge in [0.1, 0.15) is 22.8 Å². The van der Waals surface area contributed by atoms with Gasteiger partial charge in [-0.2, -0.15) is 10.2 Å². The van der Waals surface area contributed by atoms with Crippen molar-refractivity contribution >= 4 is 35.1 Å². The molecule has 0 saturated heterocycles. The van der Waals surface area contributed by atoms with E-state index in [2.05, 4.69) is 46.0 Å². The van der Waals surface area contributed by atoms with Crippen molar-refractivity contribution in [3.63, 3.8) is 0 Å². The van der Waals surface area contributed by atoms with E-state index in [1.165, 1.54) is 49.3 Å². The lowest BCUT2D eigenvalue weighted by Crippen LogP contribution is -2.27. The van der Waals surface area contributed by atoms with E-state index in [1.807, 2.05) is 0 Å². The first-order chi connectivity index (χ1) is 14.9. The fourth-order valence-electron chi connectivity index (χ4n) is 2.04. The summed E-state index contributed by atoms with van der Waals surface area (Å²) in [6, 6.07) is 2.50. The number of halogens is 1. The van der Waals surface area contributed by atoms with Crippen molar-refractivity contribution in [3.8, 4) is 0 Å². The molecule has 0 saturated carbocycles. The maximum absolute atomic E-state index is 12.3. The molecule has 0 aliphatic rings. The first-order valence-electron chi connectivity index (χ1n) is 8.41. The van der Waals surface area contributed by atoms with Gasteiger partial charge in [-0.05, 0) is 12.1 Å². The standard InChI is InChI=1S/C17H14ClN11O2/c18-9-5-10(16(30)28-26-14(19)12-7-21-1-3-23-12)25-11(6-9)17(31)29-27-15(20)13-8-22-2-4-24-13/h1-8H,(H2,19,26)(H2,20,27)(H,28,30)(H,29,31). The van der Waals surface area contributed by atoms with Gasteiger partial charge in [-0.3, -0.25) is 19.6 Å². The number of nitrogens with zero attached hydrogens (tertiary/aromatic N) is 7. The SMILES string of the molecule is N/C(=N\NC(=O)c1cc(Cl)cc(C(=O)N/N=C(\N)c2cnccn2)n1)c1cnccn1. The number of hydrogen-bond acceptors (Lipinski definition) is 9. The minimum absolute atomic E-state index is 0.0738. The quantitative estimate of drug-likeness (QED) is 0.220. The highest BCUT2D eigenvalue weighted by Crippen LogP contribution is 2.12. The van der Waals surface area contributed by atoms with Crippen molar-refractivity contribution in [1.29, 1.82) is 0 Å². The van der Waals surface area contributed by atoms with Crippen LogP contribution in [0.15, 0.2) is 59.5 Å². The summed E-state index contributed by atoms with van der Waals surface area (Å²) in [6.07, 6.45) is 8.51. The van der Waals surface area contributed by atoms with Crippen molar-refractivity contribution in [2.45, 2.75) is 0 Å². The molecule has 13 nitrogen and oxygen atoms in total. The number of amides is 2. The number of aromatic nitrogens is 5. The van der Waals surface area contributed by atoms with Crippen LogP contribution in [0, 0.1) is 0 Å². The molecular weight excluding hydrogens is 426 g/mol. The van der Waals surface area contributed by atoms with Crippen LogP contribution in [0.2, 0.25) is 5.02 Å². The number of nitrogens with two attached hydrogens (primary N) is 2. The molecule has 3 heterocycles. The number of hydrogen-bond donors (Lipinski definition) is 4. The van der Waals surface area contributed by atoms with E-state index in [-0.39, 0.29) is 39.5 Å². The third-order valence-corrected chi connectivity index (χ3v) is 3.68. The monoisotopic (exact) mass is 439 g/mol. The van der Waals surface area contributed by atoms with Crippen molar-refractivity contribution in [2.24, 2.45) is 21.7 Å². The molecule has 156 valence electrons. The number of nitrogens with one attached hydrogen (secondary N) is 2. The zero-order chi connectivity index (χ0) is 22.2. The summed E-state index contributed by atoms with van der Waals surface area (Å²) in [5, 5.41) is 7.54. The Labute approximate surface area is 179 Å². The summed E-state index contributed by atoms with van der Waals surface area (Å²) in [6.45, 7) is 0. The molecular formula is C17H14ClN11O2. The smallest absolute Gasteiger partial charge is 0.290 e. The van der Waals surface area contributed by atoms with Crippen LogP contribution in [0.25, 0.3) is 0 Å². The Morgan fingerprint density at radius 3 is 1.61 bits per heavy atom. The number of carbonyl (C=O) groups is 2. The van der Waals surface area contributed by atoms with Gasteiger partial charge in [0.15, 0.2) is 11.7 Å². The second-order valence-electron chi connectivity index (χ2n) is 5.61. The Bertz CT molecular complexity index is 1070. The fraction of sp³-hybridized carbons (Fsp3) is 0. The van der Waals surface area contributed by atoms with Crippen molar-refractivity contribution in [2.75, 3.05) is 0 Å². The predicted molar refractivity (Wildman–Crippen MR) is 110 cm³/mol. The molecule has 0 spiro atoms. The molecule has 0 aliphatic heterocycles. The first-order valence-corrected chi connectivity index (χ1v) is 8.79. The van der Waals surface area contributed by atoms with Gasteiger partial charge in [0.2, 0.25) is 0 Å². The molecule has 3 aromatic rings. The van der Waals surface area contributed by atoms with Crippen LogP contribution in [0.4, 0.5) is 0 Å². The average molecular weight is 440 g/mol. The predicted octanol–water partition coefficient (Wildman–Crippen LogP) is -0.584. The van der Waals surface area contributed by atoms with E-state index in [4.69, 9.17) is 23.1 Å². The Balaban J connectivity index is 1.72. The van der Waals surface area contributed by atoms with E-state index in [0.717, 1.165) is 0 Å². The number of amidine groups is 2. The average Bonchev–Trinajstić information content (AvgIpc) is 2.81. The number of hydrazone groups is 2. The Morgan fingerprint density at radius 1 is 0.774 bits per heavy atom. The molecule has 3 aromatic heterocycles. The molecule has 0 radical (unpaired) electrons. The second-order valence-corrected chi connectivity index (χ2v) is 6.05. The van der Waals surface area contributed by atoms with Gasteiger partial charge in [0.05, 0.1) is 12.4 Å². The molecule has 0 bridgehead atoms. The lowest BCUT2D eigenvalue weighted by Gasteiger charge is -2.05. The Hall–Kier alpha value is -4.52. The second kappa shape index (κ2) is 9.80. The lowest BCUT2D eigenvalue weighted by atomic mass is 10.3. The summed E-state index contributed by atoms with van der Waals surface area (Å²) < 4.78 is 0. The zero-order valence-corrected chi connectivity index (χ0v) is 16.4. The largest absolute Gasteiger partial charge is 0.380 e. The summed E-state index contributed by atoms with van der Waals surface area (Å²) in [5.41, 5.74) is 16.0.